The van der Waals surface area contributed by atoms with Gasteiger partial charge in [0, 0.05) is 16.5 Å². The number of aromatic nitrogens is 2. The molecule has 3 aromatic rings. The van der Waals surface area contributed by atoms with E-state index in [-0.39, 0.29) is 0 Å². The predicted molar refractivity (Wildman–Crippen MR) is 72.3 cm³/mol. The second-order valence-electron chi connectivity index (χ2n) is 4.12. The standard InChI is InChI=1S/C14H12N2S/c1-9-7-13(14-15-8-10(2)17-14)16-12-6-4-3-5-11(9)12/h3-8H,1-2H3. The highest BCUT2D eigenvalue weighted by molar-refractivity contribution is 7.14. The average Bonchev–Trinajstić information content (AvgIpc) is 2.76. The number of fused-ring (bicyclic) bond motifs is 1. The lowest BCUT2D eigenvalue weighted by molar-refractivity contribution is 1.31. The third-order valence-electron chi connectivity index (χ3n) is 2.76. The highest BCUT2D eigenvalue weighted by Gasteiger charge is 2.07. The van der Waals surface area contributed by atoms with Crippen LogP contribution in [0.4, 0.5) is 0 Å². The fraction of sp³-hybridized carbons (Fsp3) is 0.143. The molecular formula is C14H12N2S. The van der Waals surface area contributed by atoms with E-state index in [1.165, 1.54) is 15.8 Å². The summed E-state index contributed by atoms with van der Waals surface area (Å²) < 4.78 is 0. The molecule has 0 N–H and O–H groups in total. The Morgan fingerprint density at radius 3 is 2.71 bits per heavy atom. The van der Waals surface area contributed by atoms with Crippen LogP contribution in [0.25, 0.3) is 21.6 Å². The van der Waals surface area contributed by atoms with E-state index in [2.05, 4.69) is 35.9 Å². The van der Waals surface area contributed by atoms with Crippen molar-refractivity contribution in [1.82, 2.24) is 9.97 Å². The van der Waals surface area contributed by atoms with Gasteiger partial charge in [0.15, 0.2) is 0 Å². The van der Waals surface area contributed by atoms with Gasteiger partial charge in [0.05, 0.1) is 11.2 Å². The molecule has 0 amide bonds. The molecule has 0 aliphatic rings. The number of pyridine rings is 1. The summed E-state index contributed by atoms with van der Waals surface area (Å²) in [5.74, 6) is 0. The quantitative estimate of drug-likeness (QED) is 0.643. The number of thiazole rings is 1. The smallest absolute Gasteiger partial charge is 0.142 e. The Kier molecular flexibility index (Phi) is 2.41. The van der Waals surface area contributed by atoms with Gasteiger partial charge in [0.25, 0.3) is 0 Å². The molecule has 0 radical (unpaired) electrons. The van der Waals surface area contributed by atoms with Crippen LogP contribution in [0.2, 0.25) is 0 Å². The second kappa shape index (κ2) is 3.93. The van der Waals surface area contributed by atoms with Crippen molar-refractivity contribution in [1.29, 1.82) is 0 Å². The van der Waals surface area contributed by atoms with Crippen molar-refractivity contribution in [2.45, 2.75) is 13.8 Å². The number of aryl methyl sites for hydroxylation is 2. The maximum absolute atomic E-state index is 4.67. The fourth-order valence-electron chi connectivity index (χ4n) is 1.93. The first kappa shape index (κ1) is 10.4. The van der Waals surface area contributed by atoms with Crippen LogP contribution in [0.1, 0.15) is 10.4 Å². The molecule has 0 saturated carbocycles. The summed E-state index contributed by atoms with van der Waals surface area (Å²) >= 11 is 1.68. The SMILES string of the molecule is Cc1cnc(-c2cc(C)c3ccccc3n2)s1. The molecule has 0 aliphatic carbocycles. The molecule has 3 heteroatoms. The summed E-state index contributed by atoms with van der Waals surface area (Å²) in [5, 5.41) is 2.21. The molecule has 2 aromatic heterocycles. The highest BCUT2D eigenvalue weighted by atomic mass is 32.1. The molecule has 2 heterocycles. The molecule has 0 atom stereocenters. The van der Waals surface area contributed by atoms with Gasteiger partial charge >= 0.3 is 0 Å². The molecule has 1 aromatic carbocycles. The van der Waals surface area contributed by atoms with E-state index < -0.39 is 0 Å². The number of rotatable bonds is 1. The first-order valence-corrected chi connectivity index (χ1v) is 6.35. The molecule has 84 valence electrons. The Bertz CT molecular complexity index is 686. The average molecular weight is 240 g/mol. The molecule has 0 spiro atoms. The minimum absolute atomic E-state index is 0.972. The lowest BCUT2D eigenvalue weighted by Gasteiger charge is -2.03. The van der Waals surface area contributed by atoms with Crippen LogP contribution >= 0.6 is 11.3 Å². The van der Waals surface area contributed by atoms with E-state index in [4.69, 9.17) is 0 Å². The largest absolute Gasteiger partial charge is 0.245 e. The van der Waals surface area contributed by atoms with E-state index in [1.807, 2.05) is 24.4 Å². The van der Waals surface area contributed by atoms with Gasteiger partial charge in [0.1, 0.15) is 5.01 Å². The van der Waals surface area contributed by atoms with Gasteiger partial charge in [-0.3, -0.25) is 0 Å². The van der Waals surface area contributed by atoms with Crippen molar-refractivity contribution in [3.05, 3.63) is 47.0 Å². The van der Waals surface area contributed by atoms with Gasteiger partial charge in [-0.05, 0) is 31.5 Å². The number of para-hydroxylation sites is 1. The topological polar surface area (TPSA) is 25.8 Å². The molecule has 0 aliphatic heterocycles. The van der Waals surface area contributed by atoms with Crippen molar-refractivity contribution in [2.75, 3.05) is 0 Å². The van der Waals surface area contributed by atoms with Gasteiger partial charge in [-0.1, -0.05) is 18.2 Å². The predicted octanol–water partition coefficient (Wildman–Crippen LogP) is 3.98. The minimum Gasteiger partial charge on any atom is -0.245 e. The van der Waals surface area contributed by atoms with E-state index in [0.717, 1.165) is 16.2 Å². The third-order valence-corrected chi connectivity index (χ3v) is 3.70. The lowest BCUT2D eigenvalue weighted by atomic mass is 10.1. The van der Waals surface area contributed by atoms with Crippen molar-refractivity contribution >= 4 is 22.2 Å². The van der Waals surface area contributed by atoms with E-state index in [0.29, 0.717) is 0 Å². The second-order valence-corrected chi connectivity index (χ2v) is 5.35. The number of hydrogen-bond donors (Lipinski definition) is 0. The molecular weight excluding hydrogens is 228 g/mol. The van der Waals surface area contributed by atoms with Crippen LogP contribution < -0.4 is 0 Å². The maximum Gasteiger partial charge on any atom is 0.142 e. The molecule has 17 heavy (non-hydrogen) atoms. The normalized spacial score (nSPS) is 10.9. The van der Waals surface area contributed by atoms with Crippen LogP contribution in [-0.2, 0) is 0 Å². The van der Waals surface area contributed by atoms with Crippen LogP contribution in [-0.4, -0.2) is 9.97 Å². The first-order valence-electron chi connectivity index (χ1n) is 5.53. The van der Waals surface area contributed by atoms with E-state index in [9.17, 15) is 0 Å². The summed E-state index contributed by atoms with van der Waals surface area (Å²) in [6, 6.07) is 10.3. The molecule has 0 saturated heterocycles. The Balaban J connectivity index is 2.25. The number of nitrogens with zero attached hydrogens (tertiary/aromatic N) is 2. The van der Waals surface area contributed by atoms with Gasteiger partial charge in [-0.25, -0.2) is 9.97 Å². The monoisotopic (exact) mass is 240 g/mol. The first-order chi connectivity index (χ1) is 8.24. The Labute approximate surface area is 104 Å². The van der Waals surface area contributed by atoms with Crippen molar-refractivity contribution in [3.63, 3.8) is 0 Å². The third kappa shape index (κ3) is 1.83. The van der Waals surface area contributed by atoms with Crippen LogP contribution in [0.5, 0.6) is 0 Å². The number of benzene rings is 1. The lowest BCUT2D eigenvalue weighted by Crippen LogP contribution is -1.87. The maximum atomic E-state index is 4.67. The molecule has 0 bridgehead atoms. The van der Waals surface area contributed by atoms with Crippen LogP contribution in [0, 0.1) is 13.8 Å². The van der Waals surface area contributed by atoms with Crippen LogP contribution in [0.3, 0.4) is 0 Å². The Morgan fingerprint density at radius 1 is 1.12 bits per heavy atom. The zero-order valence-corrected chi connectivity index (χ0v) is 10.6. The summed E-state index contributed by atoms with van der Waals surface area (Å²) in [6.45, 7) is 4.18. The van der Waals surface area contributed by atoms with E-state index in [1.54, 1.807) is 11.3 Å². The van der Waals surface area contributed by atoms with Crippen molar-refractivity contribution in [2.24, 2.45) is 0 Å². The fourth-order valence-corrected chi connectivity index (χ4v) is 2.66. The zero-order chi connectivity index (χ0) is 11.8. The zero-order valence-electron chi connectivity index (χ0n) is 9.77. The molecule has 0 unspecified atom stereocenters. The molecule has 0 fully saturated rings. The van der Waals surface area contributed by atoms with Gasteiger partial charge in [-0.2, -0.15) is 0 Å². The summed E-state index contributed by atoms with van der Waals surface area (Å²) in [5.41, 5.74) is 3.26. The molecule has 3 rings (SSSR count). The van der Waals surface area contributed by atoms with E-state index >= 15 is 0 Å². The number of hydrogen-bond acceptors (Lipinski definition) is 3. The van der Waals surface area contributed by atoms with Gasteiger partial charge in [0.2, 0.25) is 0 Å². The highest BCUT2D eigenvalue weighted by Crippen LogP contribution is 2.27. The summed E-state index contributed by atoms with van der Waals surface area (Å²) in [4.78, 5) is 10.3. The van der Waals surface area contributed by atoms with Gasteiger partial charge in [-0.15, -0.1) is 11.3 Å². The Morgan fingerprint density at radius 2 is 1.94 bits per heavy atom. The molecule has 2 nitrogen and oxygen atoms in total. The summed E-state index contributed by atoms with van der Waals surface area (Å²) in [6.07, 6.45) is 1.90. The van der Waals surface area contributed by atoms with Crippen LogP contribution in [0.15, 0.2) is 36.5 Å². The van der Waals surface area contributed by atoms with Crippen molar-refractivity contribution < 1.29 is 0 Å². The van der Waals surface area contributed by atoms with Gasteiger partial charge < -0.3 is 0 Å². The van der Waals surface area contributed by atoms with Crippen molar-refractivity contribution in [3.8, 4) is 10.7 Å². The minimum atomic E-state index is 0.972. The Hall–Kier alpha value is -1.74. The summed E-state index contributed by atoms with van der Waals surface area (Å²) in [7, 11) is 0.